The first-order chi connectivity index (χ1) is 16.3. The minimum atomic E-state index is -0.660. The van der Waals surface area contributed by atoms with Crippen molar-refractivity contribution in [2.75, 3.05) is 13.7 Å². The molecule has 0 saturated heterocycles. The van der Waals surface area contributed by atoms with Gasteiger partial charge in [-0.25, -0.2) is 0 Å². The van der Waals surface area contributed by atoms with Crippen LogP contribution in [0.2, 0.25) is 0 Å². The number of hydrogen-bond donors (Lipinski definition) is 1. The molecule has 0 aliphatic rings. The Labute approximate surface area is 202 Å². The van der Waals surface area contributed by atoms with Crippen LogP contribution in [0.3, 0.4) is 0 Å². The normalized spacial score (nSPS) is 12.0. The highest BCUT2D eigenvalue weighted by Crippen LogP contribution is 2.24. The van der Waals surface area contributed by atoms with Crippen LogP contribution < -0.4 is 10.1 Å². The van der Waals surface area contributed by atoms with Crippen LogP contribution in [-0.4, -0.2) is 36.4 Å². The summed E-state index contributed by atoms with van der Waals surface area (Å²) in [5, 5.41) is 2.73. The quantitative estimate of drug-likeness (QED) is 0.503. The first-order valence-electron chi connectivity index (χ1n) is 11.6. The molecule has 178 valence electrons. The Morgan fingerprint density at radius 3 is 1.94 bits per heavy atom. The van der Waals surface area contributed by atoms with E-state index in [1.807, 2.05) is 84.9 Å². The van der Waals surface area contributed by atoms with Gasteiger partial charge < -0.3 is 15.0 Å². The van der Waals surface area contributed by atoms with E-state index in [1.54, 1.807) is 11.9 Å². The topological polar surface area (TPSA) is 58.6 Å². The van der Waals surface area contributed by atoms with Crippen LogP contribution in [0.25, 0.3) is 0 Å². The van der Waals surface area contributed by atoms with Crippen LogP contribution in [0.4, 0.5) is 0 Å². The molecule has 3 aromatic rings. The molecule has 0 aliphatic carbocycles. The van der Waals surface area contributed by atoms with Gasteiger partial charge in [0.15, 0.2) is 6.61 Å². The molecule has 1 N–H and O–H groups in total. The third kappa shape index (κ3) is 6.95. The molecular formula is C29H34N2O3. The van der Waals surface area contributed by atoms with Gasteiger partial charge in [0.1, 0.15) is 11.8 Å². The number of nitrogens with one attached hydrogen (secondary N) is 1. The number of nitrogens with zero attached hydrogens (tertiary/aromatic N) is 1. The summed E-state index contributed by atoms with van der Waals surface area (Å²) in [6.45, 7) is 6.62. The summed E-state index contributed by atoms with van der Waals surface area (Å²) in [5.41, 5.74) is 3.17. The molecule has 1 atom stereocenters. The number of hydrogen-bond acceptors (Lipinski definition) is 3. The number of amides is 2. The number of rotatable bonds is 9. The molecular weight excluding hydrogens is 424 g/mol. The second kappa shape index (κ2) is 11.5. The van der Waals surface area contributed by atoms with E-state index >= 15 is 0 Å². The van der Waals surface area contributed by atoms with Crippen molar-refractivity contribution in [3.8, 4) is 5.75 Å². The fourth-order valence-corrected chi connectivity index (χ4v) is 3.78. The van der Waals surface area contributed by atoms with Crippen LogP contribution in [-0.2, 0) is 28.0 Å². The Balaban J connectivity index is 1.81. The molecule has 0 fully saturated rings. The van der Waals surface area contributed by atoms with E-state index in [4.69, 9.17) is 4.74 Å². The number of carbonyl (C=O) groups excluding carboxylic acids is 2. The van der Waals surface area contributed by atoms with Gasteiger partial charge >= 0.3 is 0 Å². The lowest BCUT2D eigenvalue weighted by molar-refractivity contribution is -0.142. The molecule has 0 spiro atoms. The largest absolute Gasteiger partial charge is 0.484 e. The maximum atomic E-state index is 13.4. The second-order valence-electron chi connectivity index (χ2n) is 9.39. The molecule has 0 aliphatic heterocycles. The minimum absolute atomic E-state index is 0.0407. The summed E-state index contributed by atoms with van der Waals surface area (Å²) >= 11 is 0. The Morgan fingerprint density at radius 1 is 0.853 bits per heavy atom. The van der Waals surface area contributed by atoms with Crippen LogP contribution in [0, 0.1) is 0 Å². The van der Waals surface area contributed by atoms with E-state index in [1.165, 1.54) is 5.56 Å². The molecule has 34 heavy (non-hydrogen) atoms. The third-order valence-corrected chi connectivity index (χ3v) is 5.80. The van der Waals surface area contributed by atoms with E-state index in [0.717, 1.165) is 11.1 Å². The maximum absolute atomic E-state index is 13.4. The van der Waals surface area contributed by atoms with E-state index in [2.05, 4.69) is 26.1 Å². The van der Waals surface area contributed by atoms with Gasteiger partial charge in [0.05, 0.1) is 0 Å². The molecule has 0 saturated carbocycles. The first-order valence-corrected chi connectivity index (χ1v) is 11.6. The maximum Gasteiger partial charge on any atom is 0.261 e. The molecule has 0 radical (unpaired) electrons. The van der Waals surface area contributed by atoms with Gasteiger partial charge in [0.2, 0.25) is 5.91 Å². The van der Waals surface area contributed by atoms with Crippen LogP contribution in [0.15, 0.2) is 84.9 Å². The minimum Gasteiger partial charge on any atom is -0.484 e. The number of benzene rings is 3. The van der Waals surface area contributed by atoms with Crippen LogP contribution in [0.1, 0.15) is 37.5 Å². The third-order valence-electron chi connectivity index (χ3n) is 5.80. The molecule has 2 amide bonds. The van der Waals surface area contributed by atoms with E-state index < -0.39 is 6.04 Å². The number of likely N-dealkylation sites (N-methyl/N-ethyl adjacent to an activating group) is 1. The number of ether oxygens (including phenoxy) is 1. The zero-order valence-electron chi connectivity index (χ0n) is 20.5. The molecule has 0 unspecified atom stereocenters. The molecule has 0 heterocycles. The Kier molecular flexibility index (Phi) is 8.47. The van der Waals surface area contributed by atoms with Crippen molar-refractivity contribution >= 4 is 11.8 Å². The molecule has 3 rings (SSSR count). The van der Waals surface area contributed by atoms with E-state index in [0.29, 0.717) is 18.7 Å². The Hall–Kier alpha value is -3.60. The zero-order valence-corrected chi connectivity index (χ0v) is 20.5. The van der Waals surface area contributed by atoms with Crippen molar-refractivity contribution in [2.45, 2.75) is 45.2 Å². The van der Waals surface area contributed by atoms with Crippen molar-refractivity contribution in [1.29, 1.82) is 0 Å². The summed E-state index contributed by atoms with van der Waals surface area (Å²) < 4.78 is 5.84. The lowest BCUT2D eigenvalue weighted by Crippen LogP contribution is -2.51. The van der Waals surface area contributed by atoms with Gasteiger partial charge in [-0.1, -0.05) is 93.6 Å². The zero-order chi connectivity index (χ0) is 24.6. The summed E-state index contributed by atoms with van der Waals surface area (Å²) in [6.07, 6.45) is 0.416. The van der Waals surface area contributed by atoms with Crippen molar-refractivity contribution in [3.05, 3.63) is 102 Å². The van der Waals surface area contributed by atoms with Gasteiger partial charge in [-0.3, -0.25) is 9.59 Å². The molecule has 5 heteroatoms. The SMILES string of the molecule is CNC(=O)[C@@H](Cc1ccccc1)N(Cc1ccccc1)C(=O)COc1ccc(C(C)(C)C)cc1. The summed E-state index contributed by atoms with van der Waals surface area (Å²) in [6, 6.07) is 26.6. The second-order valence-corrected chi connectivity index (χ2v) is 9.39. The van der Waals surface area contributed by atoms with Crippen molar-refractivity contribution in [2.24, 2.45) is 0 Å². The standard InChI is InChI=1S/C29H34N2O3/c1-29(2,3)24-15-17-25(18-16-24)34-21-27(32)31(20-23-13-9-6-10-14-23)26(28(33)30-4)19-22-11-7-5-8-12-22/h5-18,26H,19-21H2,1-4H3,(H,30,33)/t26-/m1/s1. The smallest absolute Gasteiger partial charge is 0.261 e. The van der Waals surface area contributed by atoms with Gasteiger partial charge in [0.25, 0.3) is 5.91 Å². The van der Waals surface area contributed by atoms with Crippen molar-refractivity contribution < 1.29 is 14.3 Å². The van der Waals surface area contributed by atoms with Crippen LogP contribution in [0.5, 0.6) is 5.75 Å². The number of carbonyl (C=O) groups is 2. The molecule has 3 aromatic carbocycles. The van der Waals surface area contributed by atoms with Crippen LogP contribution >= 0.6 is 0 Å². The van der Waals surface area contributed by atoms with E-state index in [-0.39, 0.29) is 23.8 Å². The average Bonchev–Trinajstić information content (AvgIpc) is 2.85. The van der Waals surface area contributed by atoms with Gasteiger partial charge in [-0.05, 0) is 34.2 Å². The summed E-state index contributed by atoms with van der Waals surface area (Å²) in [4.78, 5) is 27.9. The lowest BCUT2D eigenvalue weighted by atomic mass is 9.87. The van der Waals surface area contributed by atoms with Gasteiger partial charge in [-0.15, -0.1) is 0 Å². The molecule has 5 nitrogen and oxygen atoms in total. The highest BCUT2D eigenvalue weighted by Gasteiger charge is 2.30. The predicted molar refractivity (Wildman–Crippen MR) is 136 cm³/mol. The van der Waals surface area contributed by atoms with Crippen molar-refractivity contribution in [3.63, 3.8) is 0 Å². The monoisotopic (exact) mass is 458 g/mol. The fourth-order valence-electron chi connectivity index (χ4n) is 3.78. The molecule has 0 bridgehead atoms. The first kappa shape index (κ1) is 25.0. The highest BCUT2D eigenvalue weighted by molar-refractivity contribution is 5.88. The summed E-state index contributed by atoms with van der Waals surface area (Å²) in [7, 11) is 1.60. The predicted octanol–water partition coefficient (Wildman–Crippen LogP) is 4.75. The average molecular weight is 459 g/mol. The summed E-state index contributed by atoms with van der Waals surface area (Å²) in [5.74, 6) is 0.177. The Morgan fingerprint density at radius 2 is 1.41 bits per heavy atom. The van der Waals surface area contributed by atoms with Gasteiger partial charge in [0, 0.05) is 20.0 Å². The van der Waals surface area contributed by atoms with E-state index in [9.17, 15) is 9.59 Å². The van der Waals surface area contributed by atoms with Gasteiger partial charge in [-0.2, -0.15) is 0 Å². The molecule has 0 aromatic heterocycles. The lowest BCUT2D eigenvalue weighted by Gasteiger charge is -2.31. The van der Waals surface area contributed by atoms with Crippen molar-refractivity contribution in [1.82, 2.24) is 10.2 Å². The highest BCUT2D eigenvalue weighted by atomic mass is 16.5. The Bertz CT molecular complexity index is 1060. The fraction of sp³-hybridized carbons (Fsp3) is 0.310.